The van der Waals surface area contributed by atoms with Crippen molar-refractivity contribution in [1.82, 2.24) is 14.4 Å². The lowest BCUT2D eigenvalue weighted by molar-refractivity contribution is -0.690. The van der Waals surface area contributed by atoms with Gasteiger partial charge in [0.1, 0.15) is 5.69 Å². The number of imidazole rings is 1. The van der Waals surface area contributed by atoms with Crippen molar-refractivity contribution < 1.29 is 14.8 Å². The highest BCUT2D eigenvalue weighted by molar-refractivity contribution is 5.52. The molecule has 36 heavy (non-hydrogen) atoms. The van der Waals surface area contributed by atoms with Crippen molar-refractivity contribution >= 4 is 17.3 Å². The Hall–Kier alpha value is -2.33. The lowest BCUT2D eigenvalue weighted by Crippen LogP contribution is -2.44. The maximum atomic E-state index is 10.7. The zero-order valence-corrected chi connectivity index (χ0v) is 23.2. The van der Waals surface area contributed by atoms with Gasteiger partial charge in [-0.15, -0.1) is 0 Å². The van der Waals surface area contributed by atoms with Crippen LogP contribution in [0.25, 0.3) is 0 Å². The minimum atomic E-state index is -0.534. The van der Waals surface area contributed by atoms with Crippen LogP contribution in [-0.4, -0.2) is 89.1 Å². The summed E-state index contributed by atoms with van der Waals surface area (Å²) in [5, 5.41) is 30.6. The van der Waals surface area contributed by atoms with Gasteiger partial charge in [0, 0.05) is 37.0 Å². The summed E-state index contributed by atoms with van der Waals surface area (Å²) in [5.41, 5.74) is 1.93. The first kappa shape index (κ1) is 29.9. The first-order valence-electron chi connectivity index (χ1n) is 13.5. The molecule has 2 atom stereocenters. The molecule has 0 aliphatic heterocycles. The van der Waals surface area contributed by atoms with Crippen LogP contribution in [0, 0.1) is 0 Å². The van der Waals surface area contributed by atoms with Crippen molar-refractivity contribution in [2.45, 2.75) is 66.8 Å². The summed E-state index contributed by atoms with van der Waals surface area (Å²) < 4.78 is 3.85. The van der Waals surface area contributed by atoms with Gasteiger partial charge in [0.15, 0.2) is 0 Å². The highest BCUT2D eigenvalue weighted by atomic mass is 16.3. The van der Waals surface area contributed by atoms with Gasteiger partial charge in [-0.25, -0.2) is 9.13 Å². The van der Waals surface area contributed by atoms with Crippen LogP contribution < -0.4 is 9.47 Å². The minimum absolute atomic E-state index is 0.408. The average Bonchev–Trinajstić information content (AvgIpc) is 3.26. The number of anilines is 1. The van der Waals surface area contributed by atoms with Crippen molar-refractivity contribution in [1.29, 1.82) is 0 Å². The molecule has 1 aromatic carbocycles. The second-order valence-electron chi connectivity index (χ2n) is 9.07. The van der Waals surface area contributed by atoms with E-state index in [1.807, 2.05) is 33.7 Å². The molecule has 0 aliphatic carbocycles. The molecule has 9 nitrogen and oxygen atoms in total. The maximum Gasteiger partial charge on any atom is 0.421 e. The van der Waals surface area contributed by atoms with E-state index in [1.165, 1.54) is 0 Å². The molecule has 1 heterocycles. The highest BCUT2D eigenvalue weighted by Crippen LogP contribution is 2.21. The molecule has 0 saturated carbocycles. The predicted octanol–water partition coefficient (Wildman–Crippen LogP) is 3.44. The lowest BCUT2D eigenvalue weighted by atomic mass is 10.2. The van der Waals surface area contributed by atoms with Crippen LogP contribution in [0.2, 0.25) is 0 Å². The van der Waals surface area contributed by atoms with E-state index in [0.717, 1.165) is 50.6 Å². The fourth-order valence-corrected chi connectivity index (χ4v) is 4.41. The Morgan fingerprint density at radius 2 is 1.33 bits per heavy atom. The summed E-state index contributed by atoms with van der Waals surface area (Å²) in [6, 6.07) is 8.07. The summed E-state index contributed by atoms with van der Waals surface area (Å²) in [6.07, 6.45) is 2.75. The van der Waals surface area contributed by atoms with Gasteiger partial charge in [-0.1, -0.05) is 32.8 Å². The number of aliphatic hydroxyl groups excluding tert-OH is 2. The Bertz CT molecular complexity index is 849. The molecule has 0 spiro atoms. The van der Waals surface area contributed by atoms with Crippen molar-refractivity contribution in [3.63, 3.8) is 0 Å². The van der Waals surface area contributed by atoms with E-state index in [0.29, 0.717) is 32.1 Å². The summed E-state index contributed by atoms with van der Waals surface area (Å²) in [6.45, 7) is 20.2. The van der Waals surface area contributed by atoms with E-state index in [4.69, 9.17) is 0 Å². The van der Waals surface area contributed by atoms with Gasteiger partial charge >= 0.3 is 5.95 Å². The Balaban J connectivity index is 2.26. The van der Waals surface area contributed by atoms with Gasteiger partial charge in [0.2, 0.25) is 0 Å². The second-order valence-corrected chi connectivity index (χ2v) is 9.07. The molecule has 2 aromatic rings. The summed E-state index contributed by atoms with van der Waals surface area (Å²) >= 11 is 0. The quantitative estimate of drug-likeness (QED) is 0.256. The van der Waals surface area contributed by atoms with Crippen molar-refractivity contribution in [2.75, 3.05) is 57.3 Å². The summed E-state index contributed by atoms with van der Waals surface area (Å²) in [4.78, 5) is 6.69. The molecule has 2 N–H and O–H groups in total. The standard InChI is InChI=1S/C27H48N7O2/c1-7-30(8-2)19-25(35)21-33-17-18-34(22-26(36)20-31(9-3)10-4)27(33)29-28-23-13-15-24(16-14-23)32(11-5)12-6/h13-18,25-26,35-36H,7-12,19-22H2,1-6H3/q+1. The average molecular weight is 503 g/mol. The van der Waals surface area contributed by atoms with E-state index in [1.54, 1.807) is 0 Å². The highest BCUT2D eigenvalue weighted by Gasteiger charge is 2.23. The van der Waals surface area contributed by atoms with Crippen molar-refractivity contribution in [2.24, 2.45) is 10.2 Å². The summed E-state index contributed by atoms with van der Waals surface area (Å²) in [5.74, 6) is 0.611. The van der Waals surface area contributed by atoms with E-state index in [-0.39, 0.29) is 0 Å². The van der Waals surface area contributed by atoms with Gasteiger partial charge in [-0.05, 0) is 64.3 Å². The number of azo groups is 1. The third kappa shape index (κ3) is 8.96. The van der Waals surface area contributed by atoms with Gasteiger partial charge in [-0.3, -0.25) is 0 Å². The third-order valence-electron chi connectivity index (χ3n) is 6.72. The number of rotatable bonds is 17. The number of nitrogens with zero attached hydrogens (tertiary/aromatic N) is 7. The van der Waals surface area contributed by atoms with Crippen molar-refractivity contribution in [3.8, 4) is 0 Å². The Morgan fingerprint density at radius 3 is 1.86 bits per heavy atom. The second kappa shape index (κ2) is 15.7. The van der Waals surface area contributed by atoms with Crippen LogP contribution in [0.15, 0.2) is 46.9 Å². The molecular formula is C27H48N7O2+. The van der Waals surface area contributed by atoms with Crippen LogP contribution in [-0.2, 0) is 13.1 Å². The molecule has 0 saturated heterocycles. The molecule has 0 bridgehead atoms. The van der Waals surface area contributed by atoms with Crippen LogP contribution in [0.5, 0.6) is 0 Å². The molecule has 2 rings (SSSR count). The molecule has 202 valence electrons. The topological polar surface area (TPSA) is 83.7 Å². The predicted molar refractivity (Wildman–Crippen MR) is 146 cm³/mol. The summed E-state index contributed by atoms with van der Waals surface area (Å²) in [7, 11) is 0. The van der Waals surface area contributed by atoms with Gasteiger partial charge < -0.3 is 24.9 Å². The molecule has 0 radical (unpaired) electrons. The van der Waals surface area contributed by atoms with Crippen LogP contribution in [0.1, 0.15) is 41.5 Å². The number of likely N-dealkylation sites (N-methyl/N-ethyl adjacent to an activating group) is 2. The van der Waals surface area contributed by atoms with E-state index in [9.17, 15) is 10.2 Å². The number of hydrogen-bond acceptors (Lipinski definition) is 7. The number of aromatic nitrogens is 2. The van der Waals surface area contributed by atoms with Crippen LogP contribution in [0.4, 0.5) is 17.3 Å². The molecule has 0 amide bonds. The molecule has 0 aliphatic rings. The fourth-order valence-electron chi connectivity index (χ4n) is 4.41. The smallest absolute Gasteiger partial charge is 0.388 e. The van der Waals surface area contributed by atoms with Gasteiger partial charge in [-0.2, -0.15) is 0 Å². The molecular weight excluding hydrogens is 454 g/mol. The molecule has 9 heteroatoms. The fraction of sp³-hybridized carbons (Fsp3) is 0.667. The molecule has 2 unspecified atom stereocenters. The molecule has 1 aromatic heterocycles. The number of benzene rings is 1. The Morgan fingerprint density at radius 1 is 0.778 bits per heavy atom. The van der Waals surface area contributed by atoms with E-state index < -0.39 is 12.2 Å². The Labute approximate surface area is 217 Å². The van der Waals surface area contributed by atoms with Gasteiger partial charge in [0.05, 0.1) is 37.7 Å². The first-order chi connectivity index (χ1) is 17.4. The largest absolute Gasteiger partial charge is 0.421 e. The monoisotopic (exact) mass is 502 g/mol. The number of hydrogen-bond donors (Lipinski definition) is 2. The van der Waals surface area contributed by atoms with E-state index >= 15 is 0 Å². The number of aliphatic hydroxyl groups is 2. The maximum absolute atomic E-state index is 10.7. The molecule has 0 fully saturated rings. The zero-order valence-electron chi connectivity index (χ0n) is 23.2. The Kier molecular flexibility index (Phi) is 13.0. The SMILES string of the molecule is CCN(CC)CC(O)Cn1cc[n+](CC(O)CN(CC)CC)c1N=Nc1ccc(N(CC)CC)cc1. The van der Waals surface area contributed by atoms with Crippen LogP contribution >= 0.6 is 0 Å². The van der Waals surface area contributed by atoms with E-state index in [2.05, 4.69) is 78.6 Å². The van der Waals surface area contributed by atoms with Crippen LogP contribution in [0.3, 0.4) is 0 Å². The first-order valence-corrected chi connectivity index (χ1v) is 13.5. The normalized spacial score (nSPS) is 13.7. The van der Waals surface area contributed by atoms with Gasteiger partial charge in [0.25, 0.3) is 0 Å². The third-order valence-corrected chi connectivity index (χ3v) is 6.72. The lowest BCUT2D eigenvalue weighted by Gasteiger charge is -2.21. The zero-order chi connectivity index (χ0) is 26.5. The van der Waals surface area contributed by atoms with Crippen molar-refractivity contribution in [3.05, 3.63) is 36.7 Å². The minimum Gasteiger partial charge on any atom is -0.388 e.